The van der Waals surface area contributed by atoms with Gasteiger partial charge in [0.25, 0.3) is 0 Å². The minimum absolute atomic E-state index is 0.129. The highest BCUT2D eigenvalue weighted by atomic mass is 15.0. The van der Waals surface area contributed by atoms with Crippen molar-refractivity contribution in [1.29, 1.82) is 0 Å². The van der Waals surface area contributed by atoms with E-state index in [4.69, 9.17) is 5.73 Å². The number of aryl methyl sites for hydroxylation is 2. The molecule has 0 spiro atoms. The summed E-state index contributed by atoms with van der Waals surface area (Å²) in [6.07, 6.45) is 0. The van der Waals surface area contributed by atoms with E-state index in [0.717, 1.165) is 17.9 Å². The largest absolute Gasteiger partial charge is 0.369 e. The van der Waals surface area contributed by atoms with E-state index in [1.54, 1.807) is 0 Å². The van der Waals surface area contributed by atoms with Crippen molar-refractivity contribution < 1.29 is 0 Å². The molecule has 0 amide bonds. The second kappa shape index (κ2) is 4.72. The van der Waals surface area contributed by atoms with Crippen molar-refractivity contribution in [3.05, 3.63) is 35.4 Å². The Labute approximate surface area is 102 Å². The molecule has 3 N–H and O–H groups in total. The average molecular weight is 229 g/mol. The molecule has 1 heterocycles. The summed E-state index contributed by atoms with van der Waals surface area (Å²) in [7, 11) is 0. The van der Waals surface area contributed by atoms with Gasteiger partial charge in [-0.25, -0.2) is 4.98 Å². The molecule has 90 valence electrons. The lowest BCUT2D eigenvalue weighted by molar-refractivity contribution is 0.778. The number of fused-ring (bicyclic) bond motifs is 1. The molecule has 2 rings (SSSR count). The number of hydrogen-bond acceptors (Lipinski definition) is 3. The smallest absolute Gasteiger partial charge is 0.126 e. The molecule has 3 nitrogen and oxygen atoms in total. The van der Waals surface area contributed by atoms with Gasteiger partial charge in [0.2, 0.25) is 0 Å². The number of para-hydroxylation sites is 1. The summed E-state index contributed by atoms with van der Waals surface area (Å²) in [5.74, 6) is 0.904. The molecule has 0 bridgehead atoms. The Hall–Kier alpha value is -1.61. The van der Waals surface area contributed by atoms with Crippen molar-refractivity contribution in [2.24, 2.45) is 5.73 Å². The molecule has 1 unspecified atom stereocenters. The lowest BCUT2D eigenvalue weighted by atomic mass is 10.1. The van der Waals surface area contributed by atoms with Crippen LogP contribution < -0.4 is 11.1 Å². The summed E-state index contributed by atoms with van der Waals surface area (Å²) in [4.78, 5) is 4.64. The van der Waals surface area contributed by atoms with Crippen LogP contribution in [0.5, 0.6) is 0 Å². The molecule has 1 atom stereocenters. The molecule has 2 aromatic rings. The van der Waals surface area contributed by atoms with Gasteiger partial charge >= 0.3 is 0 Å². The van der Waals surface area contributed by atoms with Crippen molar-refractivity contribution in [3.63, 3.8) is 0 Å². The fourth-order valence-corrected chi connectivity index (χ4v) is 1.92. The Morgan fingerprint density at radius 2 is 2.06 bits per heavy atom. The van der Waals surface area contributed by atoms with Gasteiger partial charge in [0.1, 0.15) is 5.82 Å². The fourth-order valence-electron chi connectivity index (χ4n) is 1.92. The summed E-state index contributed by atoms with van der Waals surface area (Å²) >= 11 is 0. The van der Waals surface area contributed by atoms with E-state index in [0.29, 0.717) is 0 Å². The van der Waals surface area contributed by atoms with Gasteiger partial charge in [-0.1, -0.05) is 18.2 Å². The number of rotatable bonds is 3. The quantitative estimate of drug-likeness (QED) is 0.850. The number of nitrogens with zero attached hydrogens (tertiary/aromatic N) is 1. The fraction of sp³-hybridized carbons (Fsp3) is 0.357. The highest BCUT2D eigenvalue weighted by Crippen LogP contribution is 2.22. The summed E-state index contributed by atoms with van der Waals surface area (Å²) in [6.45, 7) is 6.92. The van der Waals surface area contributed by atoms with Gasteiger partial charge in [-0.2, -0.15) is 0 Å². The number of benzene rings is 1. The Bertz CT molecular complexity index is 532. The second-order valence-electron chi connectivity index (χ2n) is 4.65. The molecule has 0 radical (unpaired) electrons. The highest BCUT2D eigenvalue weighted by Gasteiger charge is 2.04. The first-order valence-electron chi connectivity index (χ1n) is 5.94. The van der Waals surface area contributed by atoms with Crippen LogP contribution in [-0.2, 0) is 0 Å². The lowest BCUT2D eigenvalue weighted by Crippen LogP contribution is -2.25. The van der Waals surface area contributed by atoms with E-state index in [9.17, 15) is 0 Å². The van der Waals surface area contributed by atoms with Gasteiger partial charge in [0.05, 0.1) is 5.52 Å². The zero-order valence-corrected chi connectivity index (χ0v) is 10.6. The van der Waals surface area contributed by atoms with E-state index in [2.05, 4.69) is 48.4 Å². The first kappa shape index (κ1) is 11.9. The summed E-state index contributed by atoms with van der Waals surface area (Å²) < 4.78 is 0. The van der Waals surface area contributed by atoms with Crippen molar-refractivity contribution >= 4 is 16.7 Å². The van der Waals surface area contributed by atoms with Gasteiger partial charge in [-0.15, -0.1) is 0 Å². The monoisotopic (exact) mass is 229 g/mol. The molecular weight excluding hydrogens is 210 g/mol. The third kappa shape index (κ3) is 2.56. The predicted octanol–water partition coefficient (Wildman–Crippen LogP) is 2.61. The number of pyridine rings is 1. The van der Waals surface area contributed by atoms with Crippen LogP contribution in [-0.4, -0.2) is 17.6 Å². The minimum atomic E-state index is 0.129. The Morgan fingerprint density at radius 1 is 1.29 bits per heavy atom. The first-order chi connectivity index (χ1) is 8.08. The van der Waals surface area contributed by atoms with Crippen LogP contribution in [0.1, 0.15) is 18.1 Å². The van der Waals surface area contributed by atoms with Crippen LogP contribution in [0.4, 0.5) is 5.82 Å². The Kier molecular flexibility index (Phi) is 3.29. The number of aromatic nitrogens is 1. The Morgan fingerprint density at radius 3 is 2.76 bits per heavy atom. The standard InChI is InChI=1S/C14H19N3/c1-9-5-4-6-12-10(2)7-13(17-14(9)12)16-8-11(3)15/h4-7,11H,8,15H2,1-3H3,(H,16,17). The van der Waals surface area contributed by atoms with Crippen LogP contribution in [0.2, 0.25) is 0 Å². The lowest BCUT2D eigenvalue weighted by Gasteiger charge is -2.11. The molecule has 1 aromatic carbocycles. The van der Waals surface area contributed by atoms with Gasteiger partial charge in [0, 0.05) is 18.0 Å². The normalized spacial score (nSPS) is 12.7. The van der Waals surface area contributed by atoms with E-state index in [1.807, 2.05) is 6.92 Å². The van der Waals surface area contributed by atoms with Gasteiger partial charge in [-0.05, 0) is 38.0 Å². The topological polar surface area (TPSA) is 50.9 Å². The maximum absolute atomic E-state index is 5.73. The van der Waals surface area contributed by atoms with Crippen LogP contribution in [0.3, 0.4) is 0 Å². The average Bonchev–Trinajstić information content (AvgIpc) is 2.28. The molecule has 0 saturated carbocycles. The van der Waals surface area contributed by atoms with Crippen LogP contribution in [0.25, 0.3) is 10.9 Å². The highest BCUT2D eigenvalue weighted by molar-refractivity contribution is 5.86. The van der Waals surface area contributed by atoms with Gasteiger partial charge in [-0.3, -0.25) is 0 Å². The molecular formula is C14H19N3. The van der Waals surface area contributed by atoms with E-state index in [-0.39, 0.29) is 6.04 Å². The maximum Gasteiger partial charge on any atom is 0.126 e. The van der Waals surface area contributed by atoms with E-state index >= 15 is 0 Å². The number of hydrogen-bond donors (Lipinski definition) is 2. The van der Waals surface area contributed by atoms with Crippen molar-refractivity contribution in [1.82, 2.24) is 4.98 Å². The van der Waals surface area contributed by atoms with Crippen molar-refractivity contribution in [2.45, 2.75) is 26.8 Å². The number of anilines is 1. The molecule has 0 fully saturated rings. The van der Waals surface area contributed by atoms with Crippen LogP contribution >= 0.6 is 0 Å². The molecule has 0 aliphatic heterocycles. The molecule has 1 aromatic heterocycles. The molecule has 17 heavy (non-hydrogen) atoms. The first-order valence-corrected chi connectivity index (χ1v) is 5.94. The molecule has 0 saturated heterocycles. The van der Waals surface area contributed by atoms with Crippen molar-refractivity contribution in [2.75, 3.05) is 11.9 Å². The summed E-state index contributed by atoms with van der Waals surface area (Å²) in [5.41, 5.74) is 9.25. The number of nitrogens with one attached hydrogen (secondary N) is 1. The summed E-state index contributed by atoms with van der Waals surface area (Å²) in [5, 5.41) is 4.49. The third-order valence-electron chi connectivity index (χ3n) is 2.85. The van der Waals surface area contributed by atoms with Crippen molar-refractivity contribution in [3.8, 4) is 0 Å². The van der Waals surface area contributed by atoms with E-state index < -0.39 is 0 Å². The SMILES string of the molecule is Cc1cc(NCC(C)N)nc2c(C)cccc12. The second-order valence-corrected chi connectivity index (χ2v) is 4.65. The molecule has 3 heteroatoms. The zero-order valence-electron chi connectivity index (χ0n) is 10.6. The number of nitrogens with two attached hydrogens (primary N) is 1. The van der Waals surface area contributed by atoms with E-state index in [1.165, 1.54) is 16.5 Å². The van der Waals surface area contributed by atoms with Crippen LogP contribution in [0, 0.1) is 13.8 Å². The van der Waals surface area contributed by atoms with Gasteiger partial charge < -0.3 is 11.1 Å². The van der Waals surface area contributed by atoms with Crippen LogP contribution in [0.15, 0.2) is 24.3 Å². The molecule has 0 aliphatic carbocycles. The predicted molar refractivity (Wildman–Crippen MR) is 73.4 cm³/mol. The summed E-state index contributed by atoms with van der Waals surface area (Å²) in [6, 6.07) is 8.47. The zero-order chi connectivity index (χ0) is 12.4. The third-order valence-corrected chi connectivity index (χ3v) is 2.85. The Balaban J connectivity index is 2.43. The van der Waals surface area contributed by atoms with Gasteiger partial charge in [0.15, 0.2) is 0 Å². The molecule has 0 aliphatic rings. The maximum atomic E-state index is 5.73. The minimum Gasteiger partial charge on any atom is -0.369 e.